The molecule has 0 bridgehead atoms. The lowest BCUT2D eigenvalue weighted by molar-refractivity contribution is 0.162. The molecule has 2 heteroatoms. The van der Waals surface area contributed by atoms with E-state index in [0.29, 0.717) is 0 Å². The van der Waals surface area contributed by atoms with Gasteiger partial charge in [0.05, 0.1) is 6.10 Å². The van der Waals surface area contributed by atoms with Crippen molar-refractivity contribution in [3.05, 3.63) is 46.5 Å². The summed E-state index contributed by atoms with van der Waals surface area (Å²) in [5.74, 6) is 0. The van der Waals surface area contributed by atoms with Crippen molar-refractivity contribution < 1.29 is 5.11 Å². The minimum atomic E-state index is -0.353. The monoisotopic (exact) mass is 296 g/mol. The molecule has 1 aromatic rings. The molecule has 0 saturated carbocycles. The van der Waals surface area contributed by atoms with Crippen molar-refractivity contribution in [1.29, 1.82) is 0 Å². The number of aliphatic hydroxyl groups excluding tert-OH is 1. The van der Waals surface area contributed by atoms with Crippen LogP contribution >= 0.6 is 15.9 Å². The fourth-order valence-corrected chi connectivity index (χ4v) is 2.62. The van der Waals surface area contributed by atoms with Crippen molar-refractivity contribution in [2.24, 2.45) is 0 Å². The van der Waals surface area contributed by atoms with Crippen LogP contribution in [0.5, 0.6) is 0 Å². The van der Waals surface area contributed by atoms with Gasteiger partial charge in [0, 0.05) is 4.47 Å². The molecule has 0 aliphatic heterocycles. The molecule has 17 heavy (non-hydrogen) atoms. The SMILES string of the molecule is C=CCCCCCC(O)c1ccc(C)cc1Br. The van der Waals surface area contributed by atoms with Gasteiger partial charge in [-0.05, 0) is 43.4 Å². The molecular formula is C15H21BrO. The Morgan fingerprint density at radius 3 is 2.76 bits per heavy atom. The van der Waals surface area contributed by atoms with Crippen LogP contribution in [-0.2, 0) is 0 Å². The molecule has 0 heterocycles. The topological polar surface area (TPSA) is 20.2 Å². The second-order valence-corrected chi connectivity index (χ2v) is 5.32. The Morgan fingerprint density at radius 1 is 1.35 bits per heavy atom. The first-order valence-corrected chi connectivity index (χ1v) is 6.99. The zero-order valence-electron chi connectivity index (χ0n) is 10.5. The maximum atomic E-state index is 10.1. The van der Waals surface area contributed by atoms with Crippen molar-refractivity contribution in [3.63, 3.8) is 0 Å². The van der Waals surface area contributed by atoms with Gasteiger partial charge in [0.1, 0.15) is 0 Å². The van der Waals surface area contributed by atoms with Gasteiger partial charge in [0.15, 0.2) is 0 Å². The lowest BCUT2D eigenvalue weighted by Crippen LogP contribution is -1.99. The van der Waals surface area contributed by atoms with Gasteiger partial charge in [-0.1, -0.05) is 47.0 Å². The molecule has 0 spiro atoms. The number of hydrogen-bond acceptors (Lipinski definition) is 1. The standard InChI is InChI=1S/C15H21BrO/c1-3-4-5-6-7-8-15(17)13-10-9-12(2)11-14(13)16/h3,9-11,15,17H,1,4-8H2,2H3. The molecule has 1 nitrogen and oxygen atoms in total. The van der Waals surface area contributed by atoms with Crippen molar-refractivity contribution in [2.45, 2.75) is 45.1 Å². The first kappa shape index (κ1) is 14.5. The predicted octanol–water partition coefficient (Wildman–Crippen LogP) is 4.93. The number of hydrogen-bond donors (Lipinski definition) is 1. The third kappa shape index (κ3) is 5.05. The van der Waals surface area contributed by atoms with E-state index in [2.05, 4.69) is 35.5 Å². The molecule has 0 aromatic heterocycles. The number of aliphatic hydroxyl groups is 1. The number of halogens is 1. The predicted molar refractivity (Wildman–Crippen MR) is 77.1 cm³/mol. The van der Waals surface area contributed by atoms with Gasteiger partial charge in [-0.15, -0.1) is 6.58 Å². The van der Waals surface area contributed by atoms with Crippen LogP contribution in [0.15, 0.2) is 35.3 Å². The van der Waals surface area contributed by atoms with Crippen LogP contribution in [0.2, 0.25) is 0 Å². The Morgan fingerprint density at radius 2 is 2.12 bits per heavy atom. The zero-order chi connectivity index (χ0) is 12.7. The molecular weight excluding hydrogens is 276 g/mol. The van der Waals surface area contributed by atoms with Crippen molar-refractivity contribution in [1.82, 2.24) is 0 Å². The number of allylic oxidation sites excluding steroid dienone is 1. The summed E-state index contributed by atoms with van der Waals surface area (Å²) in [6.45, 7) is 5.76. The summed E-state index contributed by atoms with van der Waals surface area (Å²) in [5.41, 5.74) is 2.21. The number of aryl methyl sites for hydroxylation is 1. The second-order valence-electron chi connectivity index (χ2n) is 4.47. The highest BCUT2D eigenvalue weighted by Crippen LogP contribution is 2.28. The maximum Gasteiger partial charge on any atom is 0.0800 e. The van der Waals surface area contributed by atoms with E-state index in [-0.39, 0.29) is 6.10 Å². The minimum Gasteiger partial charge on any atom is -0.388 e. The molecule has 1 aromatic carbocycles. The van der Waals surface area contributed by atoms with Crippen LogP contribution in [0.25, 0.3) is 0 Å². The average molecular weight is 297 g/mol. The van der Waals surface area contributed by atoms with E-state index in [1.54, 1.807) is 0 Å². The summed E-state index contributed by atoms with van der Waals surface area (Å²) in [4.78, 5) is 0. The van der Waals surface area contributed by atoms with Gasteiger partial charge >= 0.3 is 0 Å². The van der Waals surface area contributed by atoms with Crippen LogP contribution in [-0.4, -0.2) is 5.11 Å². The van der Waals surface area contributed by atoms with Crippen LogP contribution in [0.3, 0.4) is 0 Å². The highest BCUT2D eigenvalue weighted by molar-refractivity contribution is 9.10. The van der Waals surface area contributed by atoms with E-state index >= 15 is 0 Å². The largest absolute Gasteiger partial charge is 0.388 e. The Bertz CT molecular complexity index is 360. The maximum absolute atomic E-state index is 10.1. The van der Waals surface area contributed by atoms with Crippen LogP contribution in [0, 0.1) is 6.92 Å². The summed E-state index contributed by atoms with van der Waals surface area (Å²) < 4.78 is 1.01. The third-order valence-corrected chi connectivity index (χ3v) is 3.59. The molecule has 0 saturated heterocycles. The van der Waals surface area contributed by atoms with Crippen molar-refractivity contribution in [3.8, 4) is 0 Å². The molecule has 0 radical (unpaired) electrons. The second kappa shape index (κ2) is 7.67. The van der Waals surface area contributed by atoms with E-state index in [1.807, 2.05) is 18.2 Å². The number of unbranched alkanes of at least 4 members (excludes halogenated alkanes) is 3. The van der Waals surface area contributed by atoms with Gasteiger partial charge < -0.3 is 5.11 Å². The molecule has 0 amide bonds. The van der Waals surface area contributed by atoms with Gasteiger partial charge in [-0.2, -0.15) is 0 Å². The molecule has 0 aliphatic rings. The van der Waals surface area contributed by atoms with Crippen molar-refractivity contribution >= 4 is 15.9 Å². The minimum absolute atomic E-state index is 0.353. The third-order valence-electron chi connectivity index (χ3n) is 2.90. The zero-order valence-corrected chi connectivity index (χ0v) is 12.0. The lowest BCUT2D eigenvalue weighted by Gasteiger charge is -2.13. The molecule has 1 atom stereocenters. The highest BCUT2D eigenvalue weighted by Gasteiger charge is 2.10. The Labute approximate surface area is 113 Å². The van der Waals surface area contributed by atoms with E-state index < -0.39 is 0 Å². The molecule has 1 N–H and O–H groups in total. The van der Waals surface area contributed by atoms with Crippen LogP contribution in [0.1, 0.15) is 49.3 Å². The van der Waals surface area contributed by atoms with Gasteiger partial charge in [-0.3, -0.25) is 0 Å². The van der Waals surface area contributed by atoms with Crippen LogP contribution in [0.4, 0.5) is 0 Å². The molecule has 1 unspecified atom stereocenters. The fourth-order valence-electron chi connectivity index (χ4n) is 1.86. The summed E-state index contributed by atoms with van der Waals surface area (Å²) in [5, 5.41) is 10.1. The normalized spacial score (nSPS) is 12.4. The fraction of sp³-hybridized carbons (Fsp3) is 0.467. The smallest absolute Gasteiger partial charge is 0.0800 e. The first-order valence-electron chi connectivity index (χ1n) is 6.20. The Kier molecular flexibility index (Phi) is 6.53. The Balaban J connectivity index is 2.41. The summed E-state index contributed by atoms with van der Waals surface area (Å²) in [6, 6.07) is 6.10. The van der Waals surface area contributed by atoms with E-state index in [9.17, 15) is 5.11 Å². The van der Waals surface area contributed by atoms with Crippen molar-refractivity contribution in [2.75, 3.05) is 0 Å². The number of benzene rings is 1. The quantitative estimate of drug-likeness (QED) is 0.559. The van der Waals surface area contributed by atoms with Gasteiger partial charge in [0.2, 0.25) is 0 Å². The Hall–Kier alpha value is -0.600. The highest BCUT2D eigenvalue weighted by atomic mass is 79.9. The molecule has 1 rings (SSSR count). The average Bonchev–Trinajstić information content (AvgIpc) is 2.28. The summed E-state index contributed by atoms with van der Waals surface area (Å²) >= 11 is 3.51. The molecule has 0 aliphatic carbocycles. The lowest BCUT2D eigenvalue weighted by atomic mass is 10.0. The molecule has 94 valence electrons. The summed E-state index contributed by atoms with van der Waals surface area (Å²) in [6.07, 6.45) is 6.90. The van der Waals surface area contributed by atoms with E-state index in [0.717, 1.165) is 35.7 Å². The van der Waals surface area contributed by atoms with Crippen LogP contribution < -0.4 is 0 Å². The van der Waals surface area contributed by atoms with Gasteiger partial charge in [-0.25, -0.2) is 0 Å². The molecule has 0 fully saturated rings. The summed E-state index contributed by atoms with van der Waals surface area (Å²) in [7, 11) is 0. The van der Waals surface area contributed by atoms with E-state index in [1.165, 1.54) is 12.0 Å². The number of rotatable bonds is 7. The first-order chi connectivity index (χ1) is 8.15. The van der Waals surface area contributed by atoms with E-state index in [4.69, 9.17) is 0 Å². The van der Waals surface area contributed by atoms with Gasteiger partial charge in [0.25, 0.3) is 0 Å².